The number of rotatable bonds is 4. The molecule has 0 saturated carbocycles. The third-order valence-corrected chi connectivity index (χ3v) is 6.90. The molecule has 3 aromatic rings. The first-order chi connectivity index (χ1) is 14.3. The van der Waals surface area contributed by atoms with Crippen molar-refractivity contribution in [1.29, 1.82) is 0 Å². The lowest BCUT2D eigenvalue weighted by Crippen LogP contribution is -2.26. The van der Waals surface area contributed by atoms with Crippen LogP contribution in [0.1, 0.15) is 32.8 Å². The molecular formula is C22H22N4O3S. The first-order valence-electron chi connectivity index (χ1n) is 9.97. The molecule has 8 heteroatoms. The van der Waals surface area contributed by atoms with E-state index in [1.807, 2.05) is 45.0 Å². The number of nitrogens with zero attached hydrogens (tertiary/aromatic N) is 2. The molecule has 5 rings (SSSR count). The van der Waals surface area contributed by atoms with Gasteiger partial charge in [0.2, 0.25) is 11.8 Å². The molecule has 2 amide bonds. The molecule has 0 radical (unpaired) electrons. The van der Waals surface area contributed by atoms with Crippen molar-refractivity contribution >= 4 is 39.2 Å². The fourth-order valence-electron chi connectivity index (χ4n) is 4.03. The van der Waals surface area contributed by atoms with E-state index in [0.717, 1.165) is 32.8 Å². The topological polar surface area (TPSA) is 93.2 Å². The first-order valence-corrected chi connectivity index (χ1v) is 10.8. The molecule has 2 aliphatic heterocycles. The molecule has 30 heavy (non-hydrogen) atoms. The number of fused-ring (bicyclic) bond motifs is 2. The Morgan fingerprint density at radius 1 is 1.27 bits per heavy atom. The minimum Gasteiger partial charge on any atom is -0.489 e. The molecule has 0 bridgehead atoms. The minimum atomic E-state index is -0.587. The highest BCUT2D eigenvalue weighted by molar-refractivity contribution is 7.17. The van der Waals surface area contributed by atoms with Crippen molar-refractivity contribution in [2.75, 3.05) is 11.9 Å². The van der Waals surface area contributed by atoms with Crippen LogP contribution >= 0.6 is 11.3 Å². The number of nitrogens with one attached hydrogen (secondary N) is 2. The summed E-state index contributed by atoms with van der Waals surface area (Å²) < 4.78 is 7.27. The number of thiazole rings is 1. The minimum absolute atomic E-state index is 0.0466. The van der Waals surface area contributed by atoms with Crippen molar-refractivity contribution in [3.05, 3.63) is 35.3 Å². The summed E-state index contributed by atoms with van der Waals surface area (Å²) in [6.07, 6.45) is 0.367. The summed E-state index contributed by atoms with van der Waals surface area (Å²) in [6.45, 7) is 6.42. The highest BCUT2D eigenvalue weighted by Crippen LogP contribution is 2.39. The van der Waals surface area contributed by atoms with Gasteiger partial charge in [0.25, 0.3) is 0 Å². The zero-order chi connectivity index (χ0) is 21.0. The smallest absolute Gasteiger partial charge is 0.235 e. The van der Waals surface area contributed by atoms with E-state index in [9.17, 15) is 9.59 Å². The summed E-state index contributed by atoms with van der Waals surface area (Å²) >= 11 is 1.53. The maximum Gasteiger partial charge on any atom is 0.235 e. The molecule has 2 aliphatic rings. The zero-order valence-electron chi connectivity index (χ0n) is 17.0. The first kappa shape index (κ1) is 19.0. The van der Waals surface area contributed by atoms with Crippen LogP contribution < -0.4 is 15.4 Å². The molecule has 0 unspecified atom stereocenters. The van der Waals surface area contributed by atoms with Crippen molar-refractivity contribution in [2.45, 2.75) is 38.7 Å². The number of anilines is 1. The SMILES string of the molecule is C[C@@H](Oc1cc(-c2ccc3c(n2)NC(=O)C3(C)C)cc2ncsc12)[C@H]1CNC(=O)C1. The van der Waals surface area contributed by atoms with Crippen molar-refractivity contribution < 1.29 is 14.3 Å². The summed E-state index contributed by atoms with van der Waals surface area (Å²) in [6, 6.07) is 7.85. The summed E-state index contributed by atoms with van der Waals surface area (Å²) in [5.41, 5.74) is 4.57. The lowest BCUT2D eigenvalue weighted by Gasteiger charge is -2.20. The van der Waals surface area contributed by atoms with Crippen molar-refractivity contribution in [1.82, 2.24) is 15.3 Å². The number of amides is 2. The maximum absolute atomic E-state index is 12.3. The van der Waals surface area contributed by atoms with Crippen LogP contribution in [0.3, 0.4) is 0 Å². The fourth-order valence-corrected chi connectivity index (χ4v) is 4.76. The number of hydrogen-bond acceptors (Lipinski definition) is 6. The Kier molecular flexibility index (Phi) is 4.28. The van der Waals surface area contributed by atoms with Gasteiger partial charge in [-0.1, -0.05) is 6.07 Å². The van der Waals surface area contributed by atoms with Crippen molar-refractivity contribution in [2.24, 2.45) is 5.92 Å². The summed E-state index contributed by atoms with van der Waals surface area (Å²) in [4.78, 5) is 33.0. The van der Waals surface area contributed by atoms with Gasteiger partial charge in [0.05, 0.1) is 26.8 Å². The van der Waals surface area contributed by atoms with Gasteiger partial charge in [0.15, 0.2) is 0 Å². The van der Waals surface area contributed by atoms with Crippen molar-refractivity contribution in [3.8, 4) is 17.0 Å². The number of aromatic nitrogens is 2. The van der Waals surface area contributed by atoms with Gasteiger partial charge in [-0.25, -0.2) is 9.97 Å². The highest BCUT2D eigenvalue weighted by atomic mass is 32.1. The van der Waals surface area contributed by atoms with E-state index in [1.165, 1.54) is 11.3 Å². The highest BCUT2D eigenvalue weighted by Gasteiger charge is 2.39. The van der Waals surface area contributed by atoms with E-state index < -0.39 is 5.41 Å². The Morgan fingerprint density at radius 3 is 2.87 bits per heavy atom. The summed E-state index contributed by atoms with van der Waals surface area (Å²) in [7, 11) is 0. The molecule has 154 valence electrons. The van der Waals surface area contributed by atoms with Gasteiger partial charge in [-0.05, 0) is 39.0 Å². The number of ether oxygens (including phenoxy) is 1. The predicted octanol–water partition coefficient (Wildman–Crippen LogP) is 3.49. The molecule has 1 saturated heterocycles. The predicted molar refractivity (Wildman–Crippen MR) is 116 cm³/mol. The van der Waals surface area contributed by atoms with Gasteiger partial charge in [-0.15, -0.1) is 11.3 Å². The Morgan fingerprint density at radius 2 is 2.10 bits per heavy atom. The molecule has 1 aromatic carbocycles. The van der Waals surface area contributed by atoms with Crippen LogP contribution in [0.2, 0.25) is 0 Å². The van der Waals surface area contributed by atoms with Crippen LogP contribution in [0.4, 0.5) is 5.82 Å². The monoisotopic (exact) mass is 422 g/mol. The number of pyridine rings is 1. The number of benzene rings is 1. The Balaban J connectivity index is 1.51. The molecule has 2 aromatic heterocycles. The van der Waals surface area contributed by atoms with Gasteiger partial charge in [-0.2, -0.15) is 0 Å². The molecule has 0 aliphatic carbocycles. The van der Waals surface area contributed by atoms with E-state index in [0.29, 0.717) is 18.8 Å². The third-order valence-electron chi connectivity index (χ3n) is 6.05. The lowest BCUT2D eigenvalue weighted by molar-refractivity contribution is -0.120. The quantitative estimate of drug-likeness (QED) is 0.671. The van der Waals surface area contributed by atoms with Crippen LogP contribution in [-0.2, 0) is 15.0 Å². The van der Waals surface area contributed by atoms with Gasteiger partial charge < -0.3 is 15.4 Å². The van der Waals surface area contributed by atoms with Gasteiger partial charge in [-0.3, -0.25) is 9.59 Å². The van der Waals surface area contributed by atoms with Gasteiger partial charge in [0, 0.05) is 30.0 Å². The zero-order valence-corrected chi connectivity index (χ0v) is 17.8. The molecular weight excluding hydrogens is 400 g/mol. The van der Waals surface area contributed by atoms with Crippen LogP contribution in [0.15, 0.2) is 29.8 Å². The molecule has 4 heterocycles. The van der Waals surface area contributed by atoms with Crippen LogP contribution in [0, 0.1) is 5.92 Å². The molecule has 2 N–H and O–H groups in total. The van der Waals surface area contributed by atoms with Gasteiger partial charge >= 0.3 is 0 Å². The fraction of sp³-hybridized carbons (Fsp3) is 0.364. The molecule has 1 fully saturated rings. The van der Waals surface area contributed by atoms with E-state index >= 15 is 0 Å². The average Bonchev–Trinajstić information content (AvgIpc) is 3.40. The molecule has 7 nitrogen and oxygen atoms in total. The Bertz CT molecular complexity index is 1190. The lowest BCUT2D eigenvalue weighted by atomic mass is 9.87. The average molecular weight is 423 g/mol. The summed E-state index contributed by atoms with van der Waals surface area (Å²) in [5, 5.41) is 5.75. The molecule has 2 atom stereocenters. The second-order valence-corrected chi connectivity index (χ2v) is 9.29. The van der Waals surface area contributed by atoms with E-state index in [2.05, 4.69) is 15.6 Å². The normalized spacial score (nSPS) is 20.7. The largest absolute Gasteiger partial charge is 0.489 e. The Labute approximate surface area is 177 Å². The van der Waals surface area contributed by atoms with E-state index in [4.69, 9.17) is 9.72 Å². The van der Waals surface area contributed by atoms with Crippen LogP contribution in [-0.4, -0.2) is 34.4 Å². The number of hydrogen-bond donors (Lipinski definition) is 2. The van der Waals surface area contributed by atoms with E-state index in [-0.39, 0.29) is 23.8 Å². The van der Waals surface area contributed by atoms with Crippen LogP contribution in [0.5, 0.6) is 5.75 Å². The second kappa shape index (κ2) is 6.77. The standard InChI is InChI=1S/C22H22N4O3S/c1-11(13-8-18(27)23-9-13)29-17-7-12(6-16-19(17)30-10-24-16)15-5-4-14-20(25-15)26-21(28)22(14,2)3/h4-7,10-11,13H,8-9H2,1-3H3,(H,23,27)(H,25,26,28)/t11-,13-/m1/s1. The van der Waals surface area contributed by atoms with Gasteiger partial charge in [0.1, 0.15) is 17.7 Å². The van der Waals surface area contributed by atoms with Crippen molar-refractivity contribution in [3.63, 3.8) is 0 Å². The second-order valence-electron chi connectivity index (χ2n) is 8.44. The number of carbonyl (C=O) groups is 2. The third kappa shape index (κ3) is 3.02. The Hall–Kier alpha value is -3.00. The number of carbonyl (C=O) groups excluding carboxylic acids is 2. The summed E-state index contributed by atoms with van der Waals surface area (Å²) in [5.74, 6) is 1.50. The van der Waals surface area contributed by atoms with Crippen LogP contribution in [0.25, 0.3) is 21.5 Å². The van der Waals surface area contributed by atoms with E-state index in [1.54, 1.807) is 5.51 Å². The maximum atomic E-state index is 12.3. The molecule has 0 spiro atoms.